The van der Waals surface area contributed by atoms with Gasteiger partial charge in [-0.25, -0.2) is 4.98 Å². The van der Waals surface area contributed by atoms with E-state index >= 15 is 0 Å². The van der Waals surface area contributed by atoms with E-state index in [2.05, 4.69) is 33.7 Å². The predicted molar refractivity (Wildman–Crippen MR) is 101 cm³/mol. The van der Waals surface area contributed by atoms with Crippen molar-refractivity contribution >= 4 is 26.2 Å². The molecular formula is C19H16INO3. The van der Waals surface area contributed by atoms with Gasteiger partial charge in [0.2, 0.25) is 0 Å². The third-order valence-corrected chi connectivity index (χ3v) is 4.56. The van der Waals surface area contributed by atoms with Crippen LogP contribution in [0.3, 0.4) is 0 Å². The fourth-order valence-electron chi connectivity index (χ4n) is 2.05. The second kappa shape index (κ2) is 8.01. The highest BCUT2D eigenvalue weighted by molar-refractivity contribution is 14.1. The summed E-state index contributed by atoms with van der Waals surface area (Å²) in [5.41, 5.74) is 1.94. The fourth-order valence-corrected chi connectivity index (χ4v) is 2.41. The van der Waals surface area contributed by atoms with Gasteiger partial charge in [0.15, 0.2) is 6.39 Å². The Morgan fingerprint density at radius 1 is 1.04 bits per heavy atom. The van der Waals surface area contributed by atoms with Crippen LogP contribution in [-0.4, -0.2) is 4.98 Å². The first kappa shape index (κ1) is 16.6. The van der Waals surface area contributed by atoms with Gasteiger partial charge in [0.25, 0.3) is 0 Å². The molecule has 0 aliphatic rings. The third kappa shape index (κ3) is 4.38. The summed E-state index contributed by atoms with van der Waals surface area (Å²) >= 11 is 2.32. The molecule has 0 bridgehead atoms. The second-order valence-corrected chi connectivity index (χ2v) is 6.17. The number of ether oxygens (including phenoxy) is 2. The summed E-state index contributed by atoms with van der Waals surface area (Å²) in [6.45, 7) is 2.40. The summed E-state index contributed by atoms with van der Waals surface area (Å²) in [5, 5.41) is 0. The molecule has 0 saturated heterocycles. The van der Waals surface area contributed by atoms with Crippen molar-refractivity contribution in [3.05, 3.63) is 78.5 Å². The van der Waals surface area contributed by atoms with E-state index in [0.717, 1.165) is 22.9 Å². The number of allylic oxidation sites excluding steroid dienone is 1. The van der Waals surface area contributed by atoms with Crippen LogP contribution < -0.4 is 9.47 Å². The minimum Gasteiger partial charge on any atom is -0.487 e. The number of aromatic nitrogens is 1. The van der Waals surface area contributed by atoms with E-state index in [4.69, 9.17) is 13.9 Å². The predicted octanol–water partition coefficient (Wildman–Crippen LogP) is 5.84. The Hall–Kier alpha value is -2.28. The van der Waals surface area contributed by atoms with Crippen LogP contribution in [0, 0.1) is 0 Å². The average molecular weight is 433 g/mol. The van der Waals surface area contributed by atoms with Crippen LogP contribution in [0.25, 0.3) is 3.58 Å². The minimum atomic E-state index is 0.377. The van der Waals surface area contributed by atoms with E-state index in [1.165, 1.54) is 15.5 Å². The standard InChI is InChI=1S/C19H16INO3/c1-2-19(20)14-3-5-17(6-4-14)24-18-9-7-16(8-10-18)23-12-15-11-22-13-21-15/h2-11,13H,12H2,1H3/b19-2-. The molecule has 2 aromatic carbocycles. The molecule has 24 heavy (non-hydrogen) atoms. The molecule has 0 radical (unpaired) electrons. The number of nitrogens with zero attached hydrogens (tertiary/aromatic N) is 1. The van der Waals surface area contributed by atoms with Crippen molar-refractivity contribution in [3.63, 3.8) is 0 Å². The average Bonchev–Trinajstić information content (AvgIpc) is 3.15. The Balaban J connectivity index is 1.59. The van der Waals surface area contributed by atoms with Gasteiger partial charge in [0, 0.05) is 3.58 Å². The van der Waals surface area contributed by atoms with Gasteiger partial charge < -0.3 is 13.9 Å². The molecule has 3 aromatic rings. The molecule has 122 valence electrons. The molecular weight excluding hydrogens is 417 g/mol. The van der Waals surface area contributed by atoms with Crippen molar-refractivity contribution in [2.45, 2.75) is 13.5 Å². The largest absolute Gasteiger partial charge is 0.487 e. The van der Waals surface area contributed by atoms with Crippen LogP contribution in [0.5, 0.6) is 17.2 Å². The molecule has 0 saturated carbocycles. The maximum Gasteiger partial charge on any atom is 0.180 e. The van der Waals surface area contributed by atoms with Crippen molar-refractivity contribution in [2.24, 2.45) is 0 Å². The van der Waals surface area contributed by atoms with Crippen LogP contribution in [0.1, 0.15) is 18.2 Å². The highest BCUT2D eigenvalue weighted by Crippen LogP contribution is 2.27. The molecule has 0 aliphatic heterocycles. The maximum absolute atomic E-state index is 5.85. The highest BCUT2D eigenvalue weighted by Gasteiger charge is 2.02. The second-order valence-electron chi connectivity index (χ2n) is 5.00. The van der Waals surface area contributed by atoms with Crippen molar-refractivity contribution < 1.29 is 13.9 Å². The van der Waals surface area contributed by atoms with E-state index in [1.54, 1.807) is 6.26 Å². The summed E-state index contributed by atoms with van der Waals surface area (Å²) in [6, 6.07) is 15.5. The lowest BCUT2D eigenvalue weighted by atomic mass is 10.2. The summed E-state index contributed by atoms with van der Waals surface area (Å²) < 4.78 is 17.6. The van der Waals surface area contributed by atoms with Crippen molar-refractivity contribution in [1.82, 2.24) is 4.98 Å². The van der Waals surface area contributed by atoms with Crippen LogP contribution in [-0.2, 0) is 6.61 Å². The van der Waals surface area contributed by atoms with E-state index in [0.29, 0.717) is 6.61 Å². The lowest BCUT2D eigenvalue weighted by Crippen LogP contribution is -1.95. The van der Waals surface area contributed by atoms with E-state index in [9.17, 15) is 0 Å². The van der Waals surface area contributed by atoms with Gasteiger partial charge in [-0.1, -0.05) is 18.2 Å². The molecule has 0 aliphatic carbocycles. The van der Waals surface area contributed by atoms with Crippen molar-refractivity contribution in [2.75, 3.05) is 0 Å². The number of oxazole rings is 1. The molecule has 0 N–H and O–H groups in total. The Morgan fingerprint density at radius 3 is 2.25 bits per heavy atom. The lowest BCUT2D eigenvalue weighted by Gasteiger charge is -2.08. The Bertz CT molecular complexity index is 794. The van der Waals surface area contributed by atoms with Crippen LogP contribution in [0.2, 0.25) is 0 Å². The molecule has 5 heteroatoms. The SMILES string of the molecule is C/C=C(\I)c1ccc(Oc2ccc(OCc3cocn3)cc2)cc1. The maximum atomic E-state index is 5.85. The Kier molecular flexibility index (Phi) is 5.53. The molecule has 0 spiro atoms. The monoisotopic (exact) mass is 433 g/mol. The quantitative estimate of drug-likeness (QED) is 0.458. The summed E-state index contributed by atoms with van der Waals surface area (Å²) in [4.78, 5) is 4.01. The highest BCUT2D eigenvalue weighted by atomic mass is 127. The van der Waals surface area contributed by atoms with Crippen LogP contribution >= 0.6 is 22.6 Å². The number of hydrogen-bond acceptors (Lipinski definition) is 4. The van der Waals surface area contributed by atoms with E-state index < -0.39 is 0 Å². The normalized spacial score (nSPS) is 11.3. The molecule has 1 heterocycles. The molecule has 0 unspecified atom stereocenters. The Labute approximate surface area is 154 Å². The van der Waals surface area contributed by atoms with Gasteiger partial charge in [-0.2, -0.15) is 0 Å². The van der Waals surface area contributed by atoms with Gasteiger partial charge in [0.05, 0.1) is 0 Å². The zero-order chi connectivity index (χ0) is 16.8. The number of rotatable bonds is 6. The summed E-state index contributed by atoms with van der Waals surface area (Å²) in [5.74, 6) is 2.32. The van der Waals surface area contributed by atoms with Gasteiger partial charge in [-0.05, 0) is 71.5 Å². The summed E-state index contributed by atoms with van der Waals surface area (Å²) in [7, 11) is 0. The number of hydrogen-bond donors (Lipinski definition) is 0. The third-order valence-electron chi connectivity index (χ3n) is 3.31. The van der Waals surface area contributed by atoms with Gasteiger partial charge in [-0.3, -0.25) is 0 Å². The van der Waals surface area contributed by atoms with Crippen molar-refractivity contribution in [3.8, 4) is 17.2 Å². The van der Waals surface area contributed by atoms with Crippen molar-refractivity contribution in [1.29, 1.82) is 0 Å². The zero-order valence-electron chi connectivity index (χ0n) is 13.1. The van der Waals surface area contributed by atoms with Gasteiger partial charge >= 0.3 is 0 Å². The molecule has 3 rings (SSSR count). The van der Waals surface area contributed by atoms with Gasteiger partial charge in [-0.15, -0.1) is 0 Å². The first-order chi connectivity index (χ1) is 11.7. The van der Waals surface area contributed by atoms with Crippen LogP contribution in [0.15, 0.2) is 71.7 Å². The fraction of sp³-hybridized carbons (Fsp3) is 0.105. The summed E-state index contributed by atoms with van der Waals surface area (Å²) in [6.07, 6.45) is 5.03. The molecule has 0 fully saturated rings. The molecule has 4 nitrogen and oxygen atoms in total. The zero-order valence-corrected chi connectivity index (χ0v) is 15.3. The van der Waals surface area contributed by atoms with Crippen LogP contribution in [0.4, 0.5) is 0 Å². The number of halogens is 1. The molecule has 0 atom stereocenters. The van der Waals surface area contributed by atoms with Gasteiger partial charge in [0.1, 0.15) is 35.8 Å². The first-order valence-corrected chi connectivity index (χ1v) is 8.52. The topological polar surface area (TPSA) is 44.5 Å². The molecule has 1 aromatic heterocycles. The smallest absolute Gasteiger partial charge is 0.180 e. The van der Waals surface area contributed by atoms with E-state index in [-0.39, 0.29) is 0 Å². The minimum absolute atomic E-state index is 0.377. The first-order valence-electron chi connectivity index (χ1n) is 7.44. The Morgan fingerprint density at radius 2 is 1.67 bits per heavy atom. The number of benzene rings is 2. The van der Waals surface area contributed by atoms with E-state index in [1.807, 2.05) is 55.5 Å². The lowest BCUT2D eigenvalue weighted by molar-refractivity contribution is 0.300. The molecule has 0 amide bonds.